The second-order valence-electron chi connectivity index (χ2n) is 6.84. The third-order valence-electron chi connectivity index (χ3n) is 4.58. The van der Waals surface area contributed by atoms with Crippen molar-refractivity contribution in [3.8, 4) is 28.7 Å². The molecule has 0 atom stereocenters. The molecule has 0 fully saturated rings. The average molecular weight is 499 g/mol. The summed E-state index contributed by atoms with van der Waals surface area (Å²) in [5.41, 5.74) is 4.32. The van der Waals surface area contributed by atoms with Gasteiger partial charge in [0, 0.05) is 5.56 Å². The molecule has 0 radical (unpaired) electrons. The van der Waals surface area contributed by atoms with E-state index >= 15 is 0 Å². The van der Waals surface area contributed by atoms with Crippen LogP contribution in [-0.2, 0) is 4.74 Å². The minimum absolute atomic E-state index is 0.141. The first-order valence-electron chi connectivity index (χ1n) is 9.41. The van der Waals surface area contributed by atoms with Crippen LogP contribution in [0.2, 0.25) is 0 Å². The molecule has 2 aromatic heterocycles. The number of thioether (sulfide) groups is 1. The van der Waals surface area contributed by atoms with Crippen LogP contribution in [0.5, 0.6) is 0 Å². The van der Waals surface area contributed by atoms with Gasteiger partial charge in [-0.15, -0.1) is 11.8 Å². The molecule has 0 saturated heterocycles. The first-order valence-corrected chi connectivity index (χ1v) is 11.6. The molecule has 0 bridgehead atoms. The Balaban J connectivity index is 1.86. The average Bonchev–Trinajstić information content (AvgIpc) is 3.37. The molecule has 0 spiro atoms. The summed E-state index contributed by atoms with van der Waals surface area (Å²) >= 11 is 4.92. The topological polar surface area (TPSA) is 83.0 Å². The molecule has 31 heavy (non-hydrogen) atoms. The smallest absolute Gasteiger partial charge is 0.360 e. The summed E-state index contributed by atoms with van der Waals surface area (Å²) in [4.78, 5) is 17.2. The van der Waals surface area contributed by atoms with Gasteiger partial charge >= 0.3 is 5.97 Å². The van der Waals surface area contributed by atoms with Crippen LogP contribution in [0.4, 0.5) is 0 Å². The van der Waals surface area contributed by atoms with E-state index in [1.54, 1.807) is 4.68 Å². The highest BCUT2D eigenvalue weighted by Gasteiger charge is 2.28. The Morgan fingerprint density at radius 2 is 2.00 bits per heavy atom. The number of halogens is 1. The first kappa shape index (κ1) is 21.3. The molecule has 4 rings (SSSR count). The highest BCUT2D eigenvalue weighted by Crippen LogP contribution is 2.34. The summed E-state index contributed by atoms with van der Waals surface area (Å²) in [6, 6.07) is 15.6. The Kier molecular flexibility index (Phi) is 6.24. The molecule has 0 unspecified atom stereocenters. The van der Waals surface area contributed by atoms with Crippen molar-refractivity contribution in [2.45, 2.75) is 13.8 Å². The van der Waals surface area contributed by atoms with Crippen molar-refractivity contribution in [1.29, 1.82) is 0 Å². The number of rotatable bonds is 6. The largest absolute Gasteiger partial charge is 0.450 e. The molecule has 0 aliphatic rings. The van der Waals surface area contributed by atoms with Gasteiger partial charge in [-0.25, -0.2) is 9.48 Å². The SMILES string of the molecule is CSCOC(=O)c1nn(-c2ccccc2C)c(-c2nc(-c3cccc(C)c3)no2)c1Br. The van der Waals surface area contributed by atoms with Crippen molar-refractivity contribution in [3.63, 3.8) is 0 Å². The van der Waals surface area contributed by atoms with Crippen LogP contribution < -0.4 is 0 Å². The molecule has 0 aliphatic heterocycles. The van der Waals surface area contributed by atoms with E-state index in [-0.39, 0.29) is 17.5 Å². The molecule has 4 aromatic rings. The highest BCUT2D eigenvalue weighted by molar-refractivity contribution is 9.10. The van der Waals surface area contributed by atoms with E-state index in [1.807, 2.05) is 68.6 Å². The number of para-hydroxylation sites is 1. The summed E-state index contributed by atoms with van der Waals surface area (Å²) in [6.07, 6.45) is 1.85. The summed E-state index contributed by atoms with van der Waals surface area (Å²) in [5.74, 6) is 0.390. The van der Waals surface area contributed by atoms with Crippen LogP contribution in [-0.4, -0.2) is 38.1 Å². The van der Waals surface area contributed by atoms with Crippen molar-refractivity contribution in [1.82, 2.24) is 19.9 Å². The Morgan fingerprint density at radius 3 is 2.74 bits per heavy atom. The number of ether oxygens (including phenoxy) is 1. The molecule has 0 aliphatic carbocycles. The van der Waals surface area contributed by atoms with Gasteiger partial charge in [-0.05, 0) is 53.7 Å². The van der Waals surface area contributed by atoms with Gasteiger partial charge in [-0.1, -0.05) is 47.1 Å². The van der Waals surface area contributed by atoms with Crippen LogP contribution in [0.25, 0.3) is 28.7 Å². The van der Waals surface area contributed by atoms with Crippen molar-refractivity contribution in [3.05, 3.63) is 69.8 Å². The van der Waals surface area contributed by atoms with Gasteiger partial charge < -0.3 is 9.26 Å². The molecule has 2 aromatic carbocycles. The predicted molar refractivity (Wildman–Crippen MR) is 123 cm³/mol. The van der Waals surface area contributed by atoms with E-state index in [0.29, 0.717) is 16.0 Å². The zero-order valence-corrected chi connectivity index (χ0v) is 19.5. The first-order chi connectivity index (χ1) is 15.0. The maximum Gasteiger partial charge on any atom is 0.360 e. The molecule has 0 saturated carbocycles. The van der Waals surface area contributed by atoms with Crippen molar-refractivity contribution in [2.75, 3.05) is 12.2 Å². The van der Waals surface area contributed by atoms with Gasteiger partial charge in [0.1, 0.15) is 11.6 Å². The molecule has 9 heteroatoms. The number of carbonyl (C=O) groups excluding carboxylic acids is 1. The molecule has 2 heterocycles. The lowest BCUT2D eigenvalue weighted by molar-refractivity contribution is 0.0571. The molecule has 0 amide bonds. The molecule has 7 nitrogen and oxygen atoms in total. The maximum absolute atomic E-state index is 12.6. The lowest BCUT2D eigenvalue weighted by atomic mass is 10.1. The number of nitrogens with zero attached hydrogens (tertiary/aromatic N) is 4. The van der Waals surface area contributed by atoms with E-state index in [9.17, 15) is 4.79 Å². The number of aromatic nitrogens is 4. The van der Waals surface area contributed by atoms with E-state index < -0.39 is 5.97 Å². The van der Waals surface area contributed by atoms with Gasteiger partial charge in [0.15, 0.2) is 5.69 Å². The van der Waals surface area contributed by atoms with Gasteiger partial charge in [0.05, 0.1) is 10.2 Å². The fourth-order valence-electron chi connectivity index (χ4n) is 3.09. The zero-order valence-electron chi connectivity index (χ0n) is 17.1. The minimum atomic E-state index is -0.534. The van der Waals surface area contributed by atoms with Gasteiger partial charge in [0.2, 0.25) is 5.82 Å². The Hall–Kier alpha value is -2.91. The van der Waals surface area contributed by atoms with Crippen LogP contribution in [0.15, 0.2) is 57.5 Å². The Bertz CT molecular complexity index is 1250. The fourth-order valence-corrected chi connectivity index (χ4v) is 3.89. The lowest BCUT2D eigenvalue weighted by Gasteiger charge is -2.07. The second-order valence-corrected chi connectivity index (χ2v) is 8.45. The van der Waals surface area contributed by atoms with E-state index in [4.69, 9.17) is 9.26 Å². The third-order valence-corrected chi connectivity index (χ3v) is 5.68. The normalized spacial score (nSPS) is 11.0. The summed E-state index contributed by atoms with van der Waals surface area (Å²) < 4.78 is 12.9. The lowest BCUT2D eigenvalue weighted by Crippen LogP contribution is -2.07. The van der Waals surface area contributed by atoms with Gasteiger partial charge in [-0.3, -0.25) is 0 Å². The van der Waals surface area contributed by atoms with Gasteiger partial charge in [0.25, 0.3) is 5.89 Å². The van der Waals surface area contributed by atoms with Crippen molar-refractivity contribution < 1.29 is 14.1 Å². The highest BCUT2D eigenvalue weighted by atomic mass is 79.9. The minimum Gasteiger partial charge on any atom is -0.450 e. The number of carbonyl (C=O) groups is 1. The number of hydrogen-bond acceptors (Lipinski definition) is 7. The van der Waals surface area contributed by atoms with Crippen LogP contribution >= 0.6 is 27.7 Å². The third kappa shape index (κ3) is 4.28. The van der Waals surface area contributed by atoms with Crippen LogP contribution in [0.3, 0.4) is 0 Å². The summed E-state index contributed by atoms with van der Waals surface area (Å²) in [6.45, 7) is 3.97. The monoisotopic (exact) mass is 498 g/mol. The standard InChI is InChI=1S/C22H19BrN4O3S/c1-13-7-6-9-15(11-13)20-24-21(30-26-20)19-17(23)18(22(28)29-12-31-3)25-27(19)16-10-5-4-8-14(16)2/h4-11H,12H2,1-3H3. The van der Waals surface area contributed by atoms with E-state index in [1.165, 1.54) is 11.8 Å². The predicted octanol–water partition coefficient (Wildman–Crippen LogP) is 5.45. The van der Waals surface area contributed by atoms with E-state index in [2.05, 4.69) is 31.2 Å². The van der Waals surface area contributed by atoms with Crippen molar-refractivity contribution >= 4 is 33.7 Å². The molecule has 158 valence electrons. The Labute approximate surface area is 191 Å². The van der Waals surface area contributed by atoms with Gasteiger partial charge in [-0.2, -0.15) is 10.1 Å². The molecular weight excluding hydrogens is 480 g/mol. The van der Waals surface area contributed by atoms with Crippen LogP contribution in [0.1, 0.15) is 21.6 Å². The second kappa shape index (κ2) is 9.07. The number of hydrogen-bond donors (Lipinski definition) is 0. The summed E-state index contributed by atoms with van der Waals surface area (Å²) in [7, 11) is 0. The zero-order chi connectivity index (χ0) is 22.0. The number of benzene rings is 2. The summed E-state index contributed by atoms with van der Waals surface area (Å²) in [5, 5.41) is 8.66. The Morgan fingerprint density at radius 1 is 1.19 bits per heavy atom. The molecular formula is C22H19BrN4O3S. The van der Waals surface area contributed by atoms with Crippen molar-refractivity contribution in [2.24, 2.45) is 0 Å². The molecule has 0 N–H and O–H groups in total. The maximum atomic E-state index is 12.6. The van der Waals surface area contributed by atoms with E-state index in [0.717, 1.165) is 22.4 Å². The number of aryl methyl sites for hydroxylation is 2. The quantitative estimate of drug-likeness (QED) is 0.258. The van der Waals surface area contributed by atoms with Crippen LogP contribution in [0, 0.1) is 13.8 Å². The fraction of sp³-hybridized carbons (Fsp3) is 0.182. The number of esters is 1.